The van der Waals surface area contributed by atoms with Gasteiger partial charge < -0.3 is 10.1 Å². The zero-order valence-corrected chi connectivity index (χ0v) is 9.72. The normalized spacial score (nSPS) is 19.6. The van der Waals surface area contributed by atoms with E-state index in [1.165, 1.54) is 19.2 Å². The molecule has 1 aliphatic heterocycles. The van der Waals surface area contributed by atoms with Gasteiger partial charge >= 0.3 is 6.18 Å². The molecule has 0 bridgehead atoms. The van der Waals surface area contributed by atoms with E-state index >= 15 is 0 Å². The number of Topliss-reactive ketones (excluding diaryl/α,β-unsaturated/α-hetero) is 1. The highest BCUT2D eigenvalue weighted by molar-refractivity contribution is 6.25. The molecule has 0 aromatic heterocycles. The van der Waals surface area contributed by atoms with Crippen molar-refractivity contribution < 1.29 is 27.1 Å². The summed E-state index contributed by atoms with van der Waals surface area (Å²) >= 11 is 0. The molecule has 0 amide bonds. The number of alkyl halides is 3. The molecule has 3 nitrogen and oxygen atoms in total. The smallest absolute Gasteiger partial charge is 0.433 e. The van der Waals surface area contributed by atoms with Crippen molar-refractivity contribution in [3.8, 4) is 0 Å². The number of carbonyl (C=O) groups excluding carboxylic acids is 1. The number of benzene rings is 1. The van der Waals surface area contributed by atoms with Crippen LogP contribution >= 0.6 is 0 Å². The van der Waals surface area contributed by atoms with Crippen LogP contribution in [0, 0.1) is 5.82 Å². The maximum Gasteiger partial charge on any atom is 0.433 e. The second-order valence-corrected chi connectivity index (χ2v) is 3.87. The van der Waals surface area contributed by atoms with Gasteiger partial charge in [-0.15, -0.1) is 0 Å². The van der Waals surface area contributed by atoms with Crippen LogP contribution in [0.1, 0.15) is 5.56 Å². The van der Waals surface area contributed by atoms with Gasteiger partial charge in [-0.25, -0.2) is 4.39 Å². The van der Waals surface area contributed by atoms with E-state index in [1.54, 1.807) is 0 Å². The van der Waals surface area contributed by atoms with Crippen LogP contribution < -0.4 is 5.32 Å². The molecule has 0 saturated carbocycles. The zero-order valence-electron chi connectivity index (χ0n) is 9.72. The Morgan fingerprint density at radius 3 is 2.53 bits per heavy atom. The third-order valence-electron chi connectivity index (χ3n) is 2.58. The van der Waals surface area contributed by atoms with Gasteiger partial charge in [-0.1, -0.05) is 12.1 Å². The largest absolute Gasteiger partial charge is 0.457 e. The summed E-state index contributed by atoms with van der Waals surface area (Å²) in [6.07, 6.45) is -7.36. The molecule has 1 unspecified atom stereocenters. The molecule has 1 atom stereocenters. The van der Waals surface area contributed by atoms with Crippen LogP contribution in [-0.4, -0.2) is 25.1 Å². The highest BCUT2D eigenvalue weighted by Gasteiger charge is 2.52. The molecule has 1 heterocycles. The molecular weight excluding hydrogens is 266 g/mol. The molecule has 1 N–H and O–H groups in total. The van der Waals surface area contributed by atoms with Gasteiger partial charge in [0, 0.05) is 7.05 Å². The lowest BCUT2D eigenvalue weighted by molar-refractivity contribution is -0.202. The molecule has 1 aromatic rings. The number of hydrogen-bond donors (Lipinski definition) is 1. The Kier molecular flexibility index (Phi) is 3.21. The van der Waals surface area contributed by atoms with E-state index in [0.29, 0.717) is 0 Å². The van der Waals surface area contributed by atoms with Crippen LogP contribution in [0.4, 0.5) is 17.6 Å². The van der Waals surface area contributed by atoms with Crippen molar-refractivity contribution in [1.29, 1.82) is 0 Å². The van der Waals surface area contributed by atoms with Gasteiger partial charge in [0.25, 0.3) is 6.10 Å². The van der Waals surface area contributed by atoms with Gasteiger partial charge in [-0.3, -0.25) is 4.79 Å². The summed E-state index contributed by atoms with van der Waals surface area (Å²) in [6.45, 7) is 0. The number of carbonyl (C=O) groups is 1. The van der Waals surface area contributed by atoms with Crippen molar-refractivity contribution in [3.63, 3.8) is 0 Å². The predicted molar refractivity (Wildman–Crippen MR) is 58.3 cm³/mol. The monoisotopic (exact) mass is 275 g/mol. The Hall–Kier alpha value is -2.05. The van der Waals surface area contributed by atoms with Crippen molar-refractivity contribution in [2.24, 2.45) is 0 Å². The van der Waals surface area contributed by atoms with Crippen molar-refractivity contribution in [2.75, 3.05) is 7.05 Å². The molecule has 0 radical (unpaired) electrons. The van der Waals surface area contributed by atoms with E-state index in [4.69, 9.17) is 0 Å². The molecule has 0 fully saturated rings. The molecule has 0 spiro atoms. The summed E-state index contributed by atoms with van der Waals surface area (Å²) in [5.41, 5.74) is -0.259. The lowest BCUT2D eigenvalue weighted by atomic mass is 10.0. The second-order valence-electron chi connectivity index (χ2n) is 3.87. The van der Waals surface area contributed by atoms with E-state index in [-0.39, 0.29) is 17.0 Å². The Morgan fingerprint density at radius 1 is 1.32 bits per heavy atom. The maximum absolute atomic E-state index is 13.1. The summed E-state index contributed by atoms with van der Waals surface area (Å²) in [7, 11) is 1.32. The van der Waals surface area contributed by atoms with Gasteiger partial charge in [-0.05, 0) is 17.7 Å². The number of nitrogens with one attached hydrogen (secondary N) is 1. The SMILES string of the molecule is CNC1=C(c2cccc(F)c2)C(=O)C(C(F)(F)F)O1. The maximum atomic E-state index is 13.1. The number of halogens is 4. The van der Waals surface area contributed by atoms with E-state index in [1.807, 2.05) is 0 Å². The Bertz CT molecular complexity index is 551. The molecular formula is C12H9F4NO2. The van der Waals surface area contributed by atoms with Gasteiger partial charge in [0.05, 0.1) is 5.57 Å². The van der Waals surface area contributed by atoms with Gasteiger partial charge in [0.15, 0.2) is 5.88 Å². The summed E-state index contributed by atoms with van der Waals surface area (Å²) < 4.78 is 55.5. The fraction of sp³-hybridized carbons (Fsp3) is 0.250. The zero-order chi connectivity index (χ0) is 14.2. The minimum absolute atomic E-state index is 0.0427. The first kappa shape index (κ1) is 13.4. The van der Waals surface area contributed by atoms with E-state index in [2.05, 4.69) is 10.1 Å². The van der Waals surface area contributed by atoms with Crippen LogP contribution in [0.2, 0.25) is 0 Å². The number of hydrogen-bond acceptors (Lipinski definition) is 3. The second kappa shape index (κ2) is 4.56. The fourth-order valence-electron chi connectivity index (χ4n) is 1.79. The number of rotatable bonds is 2. The lowest BCUT2D eigenvalue weighted by Gasteiger charge is -2.14. The molecule has 1 aromatic carbocycles. The highest BCUT2D eigenvalue weighted by Crippen LogP contribution is 2.36. The third kappa shape index (κ3) is 2.40. The average Bonchev–Trinajstić information content (AvgIpc) is 2.66. The molecule has 2 rings (SSSR count). The summed E-state index contributed by atoms with van der Waals surface area (Å²) in [4.78, 5) is 11.8. The molecule has 1 aliphatic rings. The van der Waals surface area contributed by atoms with Crippen molar-refractivity contribution in [2.45, 2.75) is 12.3 Å². The number of ketones is 1. The number of ether oxygens (including phenoxy) is 1. The van der Waals surface area contributed by atoms with Crippen LogP contribution in [0.3, 0.4) is 0 Å². The molecule has 102 valence electrons. The Balaban J connectivity index is 2.46. The standard InChI is InChI=1S/C12H9F4NO2/c1-17-11-8(6-3-2-4-7(13)5-6)9(18)10(19-11)12(14,15)16/h2-5,10,17H,1H3. The summed E-state index contributed by atoms with van der Waals surface area (Å²) in [5, 5.41) is 2.38. The van der Waals surface area contributed by atoms with E-state index in [0.717, 1.165) is 12.1 Å². The first-order valence-electron chi connectivity index (χ1n) is 5.30. The average molecular weight is 275 g/mol. The minimum atomic E-state index is -4.81. The first-order chi connectivity index (χ1) is 8.84. The van der Waals surface area contributed by atoms with Crippen LogP contribution in [0.15, 0.2) is 30.1 Å². The van der Waals surface area contributed by atoms with Gasteiger partial charge in [0.1, 0.15) is 5.82 Å². The molecule has 7 heteroatoms. The minimum Gasteiger partial charge on any atom is -0.457 e. The Labute approximate surface area is 105 Å². The lowest BCUT2D eigenvalue weighted by Crippen LogP contribution is -2.35. The molecule has 0 saturated heterocycles. The van der Waals surface area contributed by atoms with Crippen LogP contribution in [-0.2, 0) is 9.53 Å². The Morgan fingerprint density at radius 2 is 2.00 bits per heavy atom. The van der Waals surface area contributed by atoms with Crippen molar-refractivity contribution in [1.82, 2.24) is 5.32 Å². The topological polar surface area (TPSA) is 38.3 Å². The first-order valence-corrected chi connectivity index (χ1v) is 5.30. The fourth-order valence-corrected chi connectivity index (χ4v) is 1.79. The van der Waals surface area contributed by atoms with E-state index in [9.17, 15) is 22.4 Å². The predicted octanol–water partition coefficient (Wildman–Crippen LogP) is 2.24. The highest BCUT2D eigenvalue weighted by atomic mass is 19.4. The molecule has 19 heavy (non-hydrogen) atoms. The summed E-state index contributed by atoms with van der Waals surface area (Å²) in [6, 6.07) is 4.76. The van der Waals surface area contributed by atoms with Crippen LogP contribution in [0.25, 0.3) is 5.57 Å². The quantitative estimate of drug-likeness (QED) is 0.841. The van der Waals surface area contributed by atoms with Gasteiger partial charge in [-0.2, -0.15) is 13.2 Å². The van der Waals surface area contributed by atoms with Crippen LogP contribution in [0.5, 0.6) is 0 Å². The third-order valence-corrected chi connectivity index (χ3v) is 2.58. The van der Waals surface area contributed by atoms with E-state index < -0.39 is 23.9 Å². The summed E-state index contributed by atoms with van der Waals surface area (Å²) in [5.74, 6) is -2.19. The van der Waals surface area contributed by atoms with Crippen molar-refractivity contribution in [3.05, 3.63) is 41.5 Å². The van der Waals surface area contributed by atoms with Gasteiger partial charge in [0.2, 0.25) is 5.78 Å². The van der Waals surface area contributed by atoms with Crippen molar-refractivity contribution >= 4 is 11.4 Å². The molecule has 0 aliphatic carbocycles.